The Morgan fingerprint density at radius 3 is 3.00 bits per heavy atom. The number of ether oxygens (including phenoxy) is 1. The fourth-order valence-corrected chi connectivity index (χ4v) is 2.47. The molecular formula is C14H16BrN3O2. The van der Waals surface area contributed by atoms with Crippen LogP contribution in [0.15, 0.2) is 21.2 Å². The van der Waals surface area contributed by atoms with E-state index in [-0.39, 0.29) is 0 Å². The van der Waals surface area contributed by atoms with E-state index in [9.17, 15) is 0 Å². The van der Waals surface area contributed by atoms with Crippen LogP contribution in [0, 0.1) is 0 Å². The van der Waals surface area contributed by atoms with E-state index < -0.39 is 0 Å². The van der Waals surface area contributed by atoms with Crippen molar-refractivity contribution in [2.75, 3.05) is 18.5 Å². The summed E-state index contributed by atoms with van der Waals surface area (Å²) in [5, 5.41) is 3.35. The van der Waals surface area contributed by atoms with Crippen molar-refractivity contribution in [2.24, 2.45) is 0 Å². The number of nitrogens with one attached hydrogen (secondary N) is 1. The van der Waals surface area contributed by atoms with Gasteiger partial charge in [0.2, 0.25) is 0 Å². The summed E-state index contributed by atoms with van der Waals surface area (Å²) in [4.78, 5) is 9.21. The second-order valence-electron chi connectivity index (χ2n) is 4.65. The average molecular weight is 338 g/mol. The predicted octanol–water partition coefficient (Wildman–Crippen LogP) is 3.39. The first kappa shape index (κ1) is 13.6. The first-order chi connectivity index (χ1) is 9.78. The van der Waals surface area contributed by atoms with Gasteiger partial charge in [-0.15, -0.1) is 0 Å². The Balaban J connectivity index is 2.03. The molecule has 2 aromatic heterocycles. The fourth-order valence-electron chi connectivity index (χ4n) is 2.17. The molecule has 3 rings (SSSR count). The zero-order valence-corrected chi connectivity index (χ0v) is 12.9. The van der Waals surface area contributed by atoms with Crippen molar-refractivity contribution in [3.05, 3.63) is 28.1 Å². The molecule has 6 heteroatoms. The van der Waals surface area contributed by atoms with E-state index in [4.69, 9.17) is 9.15 Å². The summed E-state index contributed by atoms with van der Waals surface area (Å²) < 4.78 is 11.7. The molecule has 0 fully saturated rings. The van der Waals surface area contributed by atoms with Crippen molar-refractivity contribution < 1.29 is 9.15 Å². The lowest BCUT2D eigenvalue weighted by Crippen LogP contribution is -2.17. The molecule has 20 heavy (non-hydrogen) atoms. The maximum Gasteiger partial charge on any atom is 0.197 e. The van der Waals surface area contributed by atoms with Gasteiger partial charge in [-0.1, -0.05) is 6.92 Å². The second-order valence-corrected chi connectivity index (χ2v) is 5.44. The molecule has 0 saturated carbocycles. The molecule has 3 heterocycles. The van der Waals surface area contributed by atoms with Gasteiger partial charge in [-0.3, -0.25) is 0 Å². The maximum absolute atomic E-state index is 5.55. The Morgan fingerprint density at radius 1 is 1.35 bits per heavy atom. The molecule has 1 aliphatic rings. The number of rotatable bonds is 4. The largest absolute Gasteiger partial charge is 0.446 e. The standard InChI is InChI=1S/C14H16BrN3O2/c1-2-6-16-13-9-8-19-7-5-10(9)17-14(18-13)11-3-4-12(15)20-11/h3-4H,2,5-8H2,1H3,(H,16,17,18). The molecule has 0 radical (unpaired) electrons. The molecule has 0 aromatic carbocycles. The van der Waals surface area contributed by atoms with Gasteiger partial charge in [0.25, 0.3) is 0 Å². The molecule has 0 saturated heterocycles. The minimum absolute atomic E-state index is 0.573. The number of nitrogens with zero attached hydrogens (tertiary/aromatic N) is 2. The van der Waals surface area contributed by atoms with Crippen LogP contribution in [-0.2, 0) is 17.8 Å². The van der Waals surface area contributed by atoms with Gasteiger partial charge in [-0.2, -0.15) is 0 Å². The maximum atomic E-state index is 5.55. The van der Waals surface area contributed by atoms with Crippen molar-refractivity contribution in [1.82, 2.24) is 9.97 Å². The number of fused-ring (bicyclic) bond motifs is 1. The van der Waals surface area contributed by atoms with Gasteiger partial charge in [0, 0.05) is 18.5 Å². The number of aromatic nitrogens is 2. The minimum Gasteiger partial charge on any atom is -0.446 e. The van der Waals surface area contributed by atoms with Crippen molar-refractivity contribution in [2.45, 2.75) is 26.4 Å². The van der Waals surface area contributed by atoms with Crippen LogP contribution in [0.4, 0.5) is 5.82 Å². The molecule has 2 aromatic rings. The van der Waals surface area contributed by atoms with Gasteiger partial charge in [-0.25, -0.2) is 9.97 Å². The van der Waals surface area contributed by atoms with Crippen molar-refractivity contribution >= 4 is 21.7 Å². The Labute approximate surface area is 125 Å². The van der Waals surface area contributed by atoms with E-state index in [0.29, 0.717) is 29.5 Å². The van der Waals surface area contributed by atoms with Crippen LogP contribution in [0.25, 0.3) is 11.6 Å². The molecule has 0 aliphatic carbocycles. The summed E-state index contributed by atoms with van der Waals surface area (Å²) in [6, 6.07) is 3.72. The Bertz CT molecular complexity index is 612. The van der Waals surface area contributed by atoms with Crippen LogP contribution in [-0.4, -0.2) is 23.1 Å². The van der Waals surface area contributed by atoms with Gasteiger partial charge >= 0.3 is 0 Å². The summed E-state index contributed by atoms with van der Waals surface area (Å²) in [6.45, 7) is 4.29. The highest BCUT2D eigenvalue weighted by Crippen LogP contribution is 2.28. The Hall–Kier alpha value is -1.40. The zero-order valence-electron chi connectivity index (χ0n) is 11.3. The van der Waals surface area contributed by atoms with Crippen LogP contribution in [0.2, 0.25) is 0 Å². The lowest BCUT2D eigenvalue weighted by atomic mass is 10.1. The fraction of sp³-hybridized carbons (Fsp3) is 0.429. The Morgan fingerprint density at radius 2 is 2.25 bits per heavy atom. The van der Waals surface area contributed by atoms with Crippen LogP contribution >= 0.6 is 15.9 Å². The first-order valence-electron chi connectivity index (χ1n) is 6.75. The monoisotopic (exact) mass is 337 g/mol. The van der Waals surface area contributed by atoms with Gasteiger partial charge in [0.15, 0.2) is 16.3 Å². The number of halogens is 1. The average Bonchev–Trinajstić information content (AvgIpc) is 2.91. The minimum atomic E-state index is 0.573. The van der Waals surface area contributed by atoms with Gasteiger partial charge in [-0.05, 0) is 34.5 Å². The summed E-state index contributed by atoms with van der Waals surface area (Å²) in [5.41, 5.74) is 2.12. The highest BCUT2D eigenvalue weighted by atomic mass is 79.9. The lowest BCUT2D eigenvalue weighted by molar-refractivity contribution is 0.109. The van der Waals surface area contributed by atoms with Crippen molar-refractivity contribution in [3.63, 3.8) is 0 Å². The van der Waals surface area contributed by atoms with Crippen molar-refractivity contribution in [1.29, 1.82) is 0 Å². The van der Waals surface area contributed by atoms with E-state index in [1.165, 1.54) is 0 Å². The number of hydrogen-bond acceptors (Lipinski definition) is 5. The third-order valence-corrected chi connectivity index (χ3v) is 3.58. The predicted molar refractivity (Wildman–Crippen MR) is 79.6 cm³/mol. The summed E-state index contributed by atoms with van der Waals surface area (Å²) in [7, 11) is 0. The highest BCUT2D eigenvalue weighted by molar-refractivity contribution is 9.10. The van der Waals surface area contributed by atoms with Crippen LogP contribution in [0.5, 0.6) is 0 Å². The van der Waals surface area contributed by atoms with Crippen LogP contribution in [0.3, 0.4) is 0 Å². The molecule has 0 bridgehead atoms. The molecule has 0 spiro atoms. The smallest absolute Gasteiger partial charge is 0.197 e. The highest BCUT2D eigenvalue weighted by Gasteiger charge is 2.19. The van der Waals surface area contributed by atoms with Crippen LogP contribution in [0.1, 0.15) is 24.6 Å². The summed E-state index contributed by atoms with van der Waals surface area (Å²) in [5.74, 6) is 2.15. The van der Waals surface area contributed by atoms with E-state index in [1.807, 2.05) is 12.1 Å². The molecule has 0 atom stereocenters. The molecule has 0 amide bonds. The normalized spacial score (nSPS) is 14.1. The quantitative estimate of drug-likeness (QED) is 0.926. The molecule has 106 valence electrons. The molecule has 1 N–H and O–H groups in total. The first-order valence-corrected chi connectivity index (χ1v) is 7.54. The SMILES string of the molecule is CCCNc1nc(-c2ccc(Br)o2)nc2c1COCC2. The summed E-state index contributed by atoms with van der Waals surface area (Å²) >= 11 is 3.31. The number of anilines is 1. The lowest BCUT2D eigenvalue weighted by Gasteiger charge is -2.19. The van der Waals surface area contributed by atoms with Crippen molar-refractivity contribution in [3.8, 4) is 11.6 Å². The Kier molecular flexibility index (Phi) is 4.03. The van der Waals surface area contributed by atoms with Gasteiger partial charge in [0.1, 0.15) is 5.82 Å². The zero-order chi connectivity index (χ0) is 13.9. The number of hydrogen-bond donors (Lipinski definition) is 1. The van der Waals surface area contributed by atoms with Crippen LogP contribution < -0.4 is 5.32 Å². The third kappa shape index (κ3) is 2.71. The molecule has 1 aliphatic heterocycles. The van der Waals surface area contributed by atoms with E-state index >= 15 is 0 Å². The topological polar surface area (TPSA) is 60.2 Å². The summed E-state index contributed by atoms with van der Waals surface area (Å²) in [6.07, 6.45) is 1.86. The molecular weight excluding hydrogens is 322 g/mol. The second kappa shape index (κ2) is 5.93. The van der Waals surface area contributed by atoms with E-state index in [2.05, 4.69) is 38.1 Å². The molecule has 5 nitrogen and oxygen atoms in total. The third-order valence-electron chi connectivity index (χ3n) is 3.16. The van der Waals surface area contributed by atoms with E-state index in [0.717, 1.165) is 36.5 Å². The number of furan rings is 1. The van der Waals surface area contributed by atoms with Gasteiger partial charge in [0.05, 0.1) is 18.9 Å². The van der Waals surface area contributed by atoms with E-state index in [1.54, 1.807) is 0 Å². The molecule has 0 unspecified atom stereocenters. The van der Waals surface area contributed by atoms with Gasteiger partial charge < -0.3 is 14.5 Å².